The molecule has 0 radical (unpaired) electrons. The third kappa shape index (κ3) is 6.80. The summed E-state index contributed by atoms with van der Waals surface area (Å²) in [5.41, 5.74) is 5.40. The Morgan fingerprint density at radius 1 is 1.29 bits per heavy atom. The van der Waals surface area contributed by atoms with Crippen LogP contribution in [0.5, 0.6) is 11.5 Å². The first kappa shape index (κ1) is 22.8. The van der Waals surface area contributed by atoms with Crippen LogP contribution < -0.4 is 14.9 Å². The molecule has 0 aliphatic carbocycles. The summed E-state index contributed by atoms with van der Waals surface area (Å²) in [5, 5.41) is 6.61. The first-order valence-electron chi connectivity index (χ1n) is 9.52. The van der Waals surface area contributed by atoms with E-state index >= 15 is 0 Å². The molecule has 0 aliphatic rings. The molecule has 0 saturated carbocycles. The van der Waals surface area contributed by atoms with Crippen molar-refractivity contribution in [2.24, 2.45) is 5.10 Å². The zero-order chi connectivity index (χ0) is 22.1. The van der Waals surface area contributed by atoms with Crippen LogP contribution in [0.15, 0.2) is 57.4 Å². The predicted molar refractivity (Wildman–Crippen MR) is 125 cm³/mol. The van der Waals surface area contributed by atoms with Crippen molar-refractivity contribution in [1.29, 1.82) is 0 Å². The Bertz CT molecular complexity index is 1040. The molecular formula is C22H22BrN3O4S. The van der Waals surface area contributed by atoms with Crippen molar-refractivity contribution in [3.63, 3.8) is 0 Å². The third-order valence-electron chi connectivity index (χ3n) is 4.03. The van der Waals surface area contributed by atoms with Crippen molar-refractivity contribution in [1.82, 2.24) is 4.98 Å². The summed E-state index contributed by atoms with van der Waals surface area (Å²) >= 11 is 4.91. The predicted octanol–water partition coefficient (Wildman–Crippen LogP) is 5.04. The van der Waals surface area contributed by atoms with Gasteiger partial charge in [0.1, 0.15) is 6.61 Å². The number of carbonyl (C=O) groups is 1. The maximum absolute atomic E-state index is 11.5. The van der Waals surface area contributed by atoms with E-state index in [4.69, 9.17) is 14.2 Å². The van der Waals surface area contributed by atoms with Gasteiger partial charge in [-0.05, 0) is 46.1 Å². The standard InChI is InChI=1S/C22H22BrN3O4S/c1-3-29-20(27)11-17-14-31-22(25-17)26-24-12-16-9-18(23)21(19(10-16)28-2)30-13-15-7-5-4-6-8-15/h4-10,12,14H,3,11,13H2,1-2H3,(H,25,26). The number of esters is 1. The van der Waals surface area contributed by atoms with Gasteiger partial charge in [0, 0.05) is 5.38 Å². The Hall–Kier alpha value is -2.91. The van der Waals surface area contributed by atoms with Crippen molar-refractivity contribution in [2.75, 3.05) is 19.1 Å². The SMILES string of the molecule is CCOC(=O)Cc1csc(NN=Cc2cc(Br)c(OCc3ccccc3)c(OC)c2)n1. The monoisotopic (exact) mass is 503 g/mol. The molecule has 0 fully saturated rings. The van der Waals surface area contributed by atoms with Gasteiger partial charge in [-0.15, -0.1) is 11.3 Å². The van der Waals surface area contributed by atoms with E-state index in [0.29, 0.717) is 35.5 Å². The van der Waals surface area contributed by atoms with E-state index in [0.717, 1.165) is 15.6 Å². The second-order valence-electron chi connectivity index (χ2n) is 6.30. The molecule has 1 aromatic heterocycles. The summed E-state index contributed by atoms with van der Waals surface area (Å²) in [4.78, 5) is 15.9. The Morgan fingerprint density at radius 3 is 2.84 bits per heavy atom. The maximum atomic E-state index is 11.5. The van der Waals surface area contributed by atoms with Crippen molar-refractivity contribution >= 4 is 44.6 Å². The van der Waals surface area contributed by atoms with Gasteiger partial charge in [0.15, 0.2) is 11.5 Å². The van der Waals surface area contributed by atoms with Crippen LogP contribution >= 0.6 is 27.3 Å². The minimum atomic E-state index is -0.297. The Balaban J connectivity index is 1.62. The van der Waals surface area contributed by atoms with Crippen molar-refractivity contribution < 1.29 is 19.0 Å². The van der Waals surface area contributed by atoms with E-state index in [9.17, 15) is 4.79 Å². The molecule has 31 heavy (non-hydrogen) atoms. The summed E-state index contributed by atoms with van der Waals surface area (Å²) < 4.78 is 17.1. The van der Waals surface area contributed by atoms with Crippen LogP contribution in [0.2, 0.25) is 0 Å². The highest BCUT2D eigenvalue weighted by atomic mass is 79.9. The largest absolute Gasteiger partial charge is 0.493 e. The molecule has 3 aromatic rings. The van der Waals surface area contributed by atoms with Gasteiger partial charge in [0.25, 0.3) is 0 Å². The number of benzene rings is 2. The molecule has 0 spiro atoms. The average molecular weight is 504 g/mol. The van der Waals surface area contributed by atoms with Gasteiger partial charge in [-0.3, -0.25) is 10.2 Å². The lowest BCUT2D eigenvalue weighted by Crippen LogP contribution is -2.07. The third-order valence-corrected chi connectivity index (χ3v) is 5.42. The number of thiazole rings is 1. The lowest BCUT2D eigenvalue weighted by molar-refractivity contribution is -0.142. The van der Waals surface area contributed by atoms with Crippen molar-refractivity contribution in [3.05, 3.63) is 69.1 Å². The molecule has 1 heterocycles. The molecule has 0 atom stereocenters. The fourth-order valence-electron chi connectivity index (χ4n) is 2.65. The molecule has 3 rings (SSSR count). The summed E-state index contributed by atoms with van der Waals surface area (Å²) in [6.45, 7) is 2.56. The second-order valence-corrected chi connectivity index (χ2v) is 8.02. The minimum absolute atomic E-state index is 0.143. The second kappa shape index (κ2) is 11.5. The summed E-state index contributed by atoms with van der Waals surface area (Å²) in [7, 11) is 1.59. The summed E-state index contributed by atoms with van der Waals surface area (Å²) in [6.07, 6.45) is 1.80. The topological polar surface area (TPSA) is 82.0 Å². The van der Waals surface area contributed by atoms with Crippen LogP contribution in [0.25, 0.3) is 0 Å². The molecule has 0 bridgehead atoms. The number of aromatic nitrogens is 1. The average Bonchev–Trinajstić information content (AvgIpc) is 3.20. The van der Waals surface area contributed by atoms with Crippen LogP contribution in [0.3, 0.4) is 0 Å². The number of carbonyl (C=O) groups excluding carboxylic acids is 1. The van der Waals surface area contributed by atoms with E-state index < -0.39 is 0 Å². The lowest BCUT2D eigenvalue weighted by Gasteiger charge is -2.13. The van der Waals surface area contributed by atoms with Crippen LogP contribution in [0.4, 0.5) is 5.13 Å². The Kier molecular flexibility index (Phi) is 8.43. The highest BCUT2D eigenvalue weighted by Crippen LogP contribution is 2.36. The van der Waals surface area contributed by atoms with E-state index in [1.807, 2.05) is 42.5 Å². The van der Waals surface area contributed by atoms with Crippen LogP contribution in [-0.4, -0.2) is 30.9 Å². The number of hydrazone groups is 1. The number of rotatable bonds is 10. The summed E-state index contributed by atoms with van der Waals surface area (Å²) in [6, 6.07) is 13.6. The zero-order valence-corrected chi connectivity index (χ0v) is 19.5. The highest BCUT2D eigenvalue weighted by molar-refractivity contribution is 9.10. The van der Waals surface area contributed by atoms with Crippen molar-refractivity contribution in [2.45, 2.75) is 20.0 Å². The van der Waals surface area contributed by atoms with E-state index in [1.54, 1.807) is 25.6 Å². The number of methoxy groups -OCH3 is 1. The van der Waals surface area contributed by atoms with Gasteiger partial charge in [-0.25, -0.2) is 4.98 Å². The molecule has 0 saturated heterocycles. The number of halogens is 1. The molecular weight excluding hydrogens is 482 g/mol. The molecule has 7 nitrogen and oxygen atoms in total. The lowest BCUT2D eigenvalue weighted by atomic mass is 10.2. The zero-order valence-electron chi connectivity index (χ0n) is 17.1. The van der Waals surface area contributed by atoms with Crippen LogP contribution in [-0.2, 0) is 22.6 Å². The van der Waals surface area contributed by atoms with E-state index in [2.05, 4.69) is 31.4 Å². The number of nitrogens with one attached hydrogen (secondary N) is 1. The molecule has 162 valence electrons. The minimum Gasteiger partial charge on any atom is -0.493 e. The van der Waals surface area contributed by atoms with Crippen molar-refractivity contribution in [3.8, 4) is 11.5 Å². The molecule has 0 unspecified atom stereocenters. The van der Waals surface area contributed by atoms with Gasteiger partial charge >= 0.3 is 5.97 Å². The smallest absolute Gasteiger partial charge is 0.311 e. The molecule has 9 heteroatoms. The molecule has 0 amide bonds. The van der Waals surface area contributed by atoms with Gasteiger partial charge in [0.05, 0.1) is 36.5 Å². The maximum Gasteiger partial charge on any atom is 0.311 e. The molecule has 1 N–H and O–H groups in total. The van der Waals surface area contributed by atoms with Crippen LogP contribution in [0, 0.1) is 0 Å². The number of hydrogen-bond donors (Lipinski definition) is 1. The Labute approximate surface area is 193 Å². The first-order chi connectivity index (χ1) is 15.1. The van der Waals surface area contributed by atoms with Gasteiger partial charge in [-0.1, -0.05) is 30.3 Å². The summed E-state index contributed by atoms with van der Waals surface area (Å²) in [5.74, 6) is 0.923. The van der Waals surface area contributed by atoms with Gasteiger partial charge < -0.3 is 14.2 Å². The normalized spacial score (nSPS) is 10.8. The van der Waals surface area contributed by atoms with E-state index in [1.165, 1.54) is 11.3 Å². The number of nitrogens with zero attached hydrogens (tertiary/aromatic N) is 2. The number of ether oxygens (including phenoxy) is 3. The van der Waals surface area contributed by atoms with Gasteiger partial charge in [0.2, 0.25) is 5.13 Å². The molecule has 2 aromatic carbocycles. The van der Waals surface area contributed by atoms with E-state index in [-0.39, 0.29) is 12.4 Å². The highest BCUT2D eigenvalue weighted by Gasteiger charge is 2.12. The van der Waals surface area contributed by atoms with Gasteiger partial charge in [-0.2, -0.15) is 5.10 Å². The fourth-order valence-corrected chi connectivity index (χ4v) is 3.88. The number of hydrogen-bond acceptors (Lipinski definition) is 8. The Morgan fingerprint density at radius 2 is 2.10 bits per heavy atom. The first-order valence-corrected chi connectivity index (χ1v) is 11.2. The van der Waals surface area contributed by atoms with Crippen LogP contribution in [0.1, 0.15) is 23.7 Å². The quantitative estimate of drug-likeness (QED) is 0.237. The fraction of sp³-hybridized carbons (Fsp3) is 0.227. The molecule has 0 aliphatic heterocycles. The number of anilines is 1.